The molecule has 5 nitrogen and oxygen atoms in total. The zero-order valence-electron chi connectivity index (χ0n) is 13.8. The zero-order valence-corrected chi connectivity index (χ0v) is 13.8. The van der Waals surface area contributed by atoms with Crippen LogP contribution in [0.4, 0.5) is 0 Å². The van der Waals surface area contributed by atoms with Gasteiger partial charge in [0.2, 0.25) is 0 Å². The molecule has 1 rings (SSSR count). The number of Topliss-reactive ketones (excluding diaryl/α,β-unsaturated/α-hetero) is 1. The minimum atomic E-state index is -0.736. The first-order valence-corrected chi connectivity index (χ1v) is 7.36. The average molecular weight is 298 g/mol. The highest BCUT2D eigenvalue weighted by atomic mass is 16.6. The van der Waals surface area contributed by atoms with Gasteiger partial charge in [0.1, 0.15) is 17.0 Å². The number of ketones is 1. The third-order valence-electron chi connectivity index (χ3n) is 3.09. The molecule has 1 aliphatic carbocycles. The van der Waals surface area contributed by atoms with Crippen LogP contribution in [-0.2, 0) is 23.9 Å². The Kier molecular flexibility index (Phi) is 5.18. The smallest absolute Gasteiger partial charge is 0.310 e. The maximum atomic E-state index is 12.3. The molecule has 2 unspecified atom stereocenters. The normalized spacial score (nSPS) is 23.6. The van der Waals surface area contributed by atoms with Crippen LogP contribution >= 0.6 is 0 Å². The Labute approximate surface area is 126 Å². The van der Waals surface area contributed by atoms with E-state index in [0.717, 1.165) is 0 Å². The average Bonchev–Trinajstić information content (AvgIpc) is 2.23. The summed E-state index contributed by atoms with van der Waals surface area (Å²) >= 11 is 0. The molecule has 1 aliphatic rings. The van der Waals surface area contributed by atoms with E-state index in [2.05, 4.69) is 0 Å². The molecular formula is C16H26O5. The summed E-state index contributed by atoms with van der Waals surface area (Å²) in [7, 11) is 0. The van der Waals surface area contributed by atoms with Gasteiger partial charge in [0, 0.05) is 12.8 Å². The number of carbonyl (C=O) groups is 3. The SMILES string of the molecule is CC(C)(C)OC(=O)C1CCC(=O)CC1C(=O)OC(C)(C)C. The predicted octanol–water partition coefficient (Wildman–Crippen LogP) is 2.66. The van der Waals surface area contributed by atoms with Crippen molar-refractivity contribution in [2.75, 3.05) is 0 Å². The van der Waals surface area contributed by atoms with Gasteiger partial charge >= 0.3 is 11.9 Å². The van der Waals surface area contributed by atoms with Crippen LogP contribution in [0.2, 0.25) is 0 Å². The van der Waals surface area contributed by atoms with Gasteiger partial charge < -0.3 is 9.47 Å². The maximum Gasteiger partial charge on any atom is 0.310 e. The number of ether oxygens (including phenoxy) is 2. The fraction of sp³-hybridized carbons (Fsp3) is 0.812. The number of hydrogen-bond donors (Lipinski definition) is 0. The van der Waals surface area contributed by atoms with Crippen molar-refractivity contribution < 1.29 is 23.9 Å². The zero-order chi connectivity index (χ0) is 16.4. The molecule has 0 bridgehead atoms. The van der Waals surface area contributed by atoms with Crippen LogP contribution in [0.3, 0.4) is 0 Å². The fourth-order valence-corrected chi connectivity index (χ4v) is 2.29. The minimum absolute atomic E-state index is 0.00864. The van der Waals surface area contributed by atoms with Gasteiger partial charge in [-0.15, -0.1) is 0 Å². The molecule has 0 heterocycles. The lowest BCUT2D eigenvalue weighted by Gasteiger charge is -2.32. The van der Waals surface area contributed by atoms with Crippen LogP contribution in [0.25, 0.3) is 0 Å². The summed E-state index contributed by atoms with van der Waals surface area (Å²) in [6.07, 6.45) is 0.708. The molecule has 0 N–H and O–H groups in total. The quantitative estimate of drug-likeness (QED) is 0.733. The summed E-state index contributed by atoms with van der Waals surface area (Å²) in [5, 5.41) is 0. The van der Waals surface area contributed by atoms with Crippen molar-refractivity contribution >= 4 is 17.7 Å². The third-order valence-corrected chi connectivity index (χ3v) is 3.09. The number of hydrogen-bond acceptors (Lipinski definition) is 5. The summed E-state index contributed by atoms with van der Waals surface area (Å²) in [6.45, 7) is 10.6. The van der Waals surface area contributed by atoms with Crippen LogP contribution < -0.4 is 0 Å². The summed E-state index contributed by atoms with van der Waals surface area (Å²) < 4.78 is 10.7. The molecule has 5 heteroatoms. The monoisotopic (exact) mass is 298 g/mol. The molecule has 0 saturated heterocycles. The van der Waals surface area contributed by atoms with Crippen molar-refractivity contribution in [3.63, 3.8) is 0 Å². The second kappa shape index (κ2) is 6.16. The Bertz CT molecular complexity index is 425. The molecule has 2 atom stereocenters. The molecule has 0 radical (unpaired) electrons. The summed E-state index contributed by atoms with van der Waals surface area (Å²) in [5.41, 5.74) is -1.26. The van der Waals surface area contributed by atoms with Crippen molar-refractivity contribution in [1.82, 2.24) is 0 Å². The predicted molar refractivity (Wildman–Crippen MR) is 77.5 cm³/mol. The number of rotatable bonds is 2. The van der Waals surface area contributed by atoms with Crippen molar-refractivity contribution in [3.8, 4) is 0 Å². The first-order chi connectivity index (χ1) is 9.39. The van der Waals surface area contributed by atoms with Gasteiger partial charge in [-0.3, -0.25) is 14.4 Å². The third kappa shape index (κ3) is 5.86. The Morgan fingerprint density at radius 3 is 1.76 bits per heavy atom. The van der Waals surface area contributed by atoms with Crippen LogP contribution in [0.1, 0.15) is 60.8 Å². The molecule has 0 aliphatic heterocycles. The lowest BCUT2D eigenvalue weighted by Crippen LogP contribution is -2.41. The van der Waals surface area contributed by atoms with Gasteiger partial charge in [-0.05, 0) is 48.0 Å². The summed E-state index contributed by atoms with van der Waals surface area (Å²) in [5.74, 6) is -2.26. The van der Waals surface area contributed by atoms with E-state index in [9.17, 15) is 14.4 Å². The van der Waals surface area contributed by atoms with Gasteiger partial charge in [-0.1, -0.05) is 0 Å². The van der Waals surface area contributed by atoms with E-state index in [1.165, 1.54) is 0 Å². The van der Waals surface area contributed by atoms with E-state index in [-0.39, 0.29) is 12.2 Å². The molecule has 0 spiro atoms. The standard InChI is InChI=1S/C16H26O5/c1-15(2,3)20-13(18)11-8-7-10(17)9-12(11)14(19)21-16(4,5)6/h11-12H,7-9H2,1-6H3. The van der Waals surface area contributed by atoms with Gasteiger partial charge in [-0.2, -0.15) is 0 Å². The Balaban J connectivity index is 2.86. The van der Waals surface area contributed by atoms with Crippen molar-refractivity contribution in [2.45, 2.75) is 72.0 Å². The molecule has 21 heavy (non-hydrogen) atoms. The van der Waals surface area contributed by atoms with Crippen LogP contribution in [0.5, 0.6) is 0 Å². The maximum absolute atomic E-state index is 12.3. The van der Waals surface area contributed by atoms with Crippen molar-refractivity contribution in [2.24, 2.45) is 11.8 Å². The molecule has 0 aromatic heterocycles. The van der Waals surface area contributed by atoms with E-state index < -0.39 is 35.0 Å². The second-order valence-corrected chi connectivity index (χ2v) is 7.56. The van der Waals surface area contributed by atoms with E-state index in [1.807, 2.05) is 0 Å². The van der Waals surface area contributed by atoms with E-state index >= 15 is 0 Å². The topological polar surface area (TPSA) is 69.7 Å². The van der Waals surface area contributed by atoms with Crippen LogP contribution in [0, 0.1) is 11.8 Å². The molecule has 0 amide bonds. The largest absolute Gasteiger partial charge is 0.460 e. The Hall–Kier alpha value is -1.39. The number of carbonyl (C=O) groups excluding carboxylic acids is 3. The molecule has 1 saturated carbocycles. The highest BCUT2D eigenvalue weighted by molar-refractivity contribution is 5.90. The molecule has 120 valence electrons. The van der Waals surface area contributed by atoms with Gasteiger partial charge in [0.15, 0.2) is 0 Å². The van der Waals surface area contributed by atoms with E-state index in [0.29, 0.717) is 12.8 Å². The molecule has 1 fully saturated rings. The van der Waals surface area contributed by atoms with Gasteiger partial charge in [0.25, 0.3) is 0 Å². The van der Waals surface area contributed by atoms with Gasteiger partial charge in [0.05, 0.1) is 11.8 Å². The summed E-state index contributed by atoms with van der Waals surface area (Å²) in [6, 6.07) is 0. The lowest BCUT2D eigenvalue weighted by molar-refractivity contribution is -0.175. The van der Waals surface area contributed by atoms with E-state index in [1.54, 1.807) is 41.5 Å². The first kappa shape index (κ1) is 17.7. The Morgan fingerprint density at radius 1 is 0.905 bits per heavy atom. The van der Waals surface area contributed by atoms with Crippen molar-refractivity contribution in [3.05, 3.63) is 0 Å². The van der Waals surface area contributed by atoms with Crippen LogP contribution in [-0.4, -0.2) is 28.9 Å². The van der Waals surface area contributed by atoms with E-state index in [4.69, 9.17) is 9.47 Å². The lowest BCUT2D eigenvalue weighted by atomic mass is 9.78. The highest BCUT2D eigenvalue weighted by Gasteiger charge is 2.42. The second-order valence-electron chi connectivity index (χ2n) is 7.56. The minimum Gasteiger partial charge on any atom is -0.460 e. The fourth-order valence-electron chi connectivity index (χ4n) is 2.29. The Morgan fingerprint density at radius 2 is 1.33 bits per heavy atom. The number of esters is 2. The van der Waals surface area contributed by atoms with Crippen LogP contribution in [0.15, 0.2) is 0 Å². The molecule has 0 aromatic carbocycles. The van der Waals surface area contributed by atoms with Crippen molar-refractivity contribution in [1.29, 1.82) is 0 Å². The molecule has 0 aromatic rings. The molecular weight excluding hydrogens is 272 g/mol. The first-order valence-electron chi connectivity index (χ1n) is 7.36. The summed E-state index contributed by atoms with van der Waals surface area (Å²) in [4.78, 5) is 36.2. The van der Waals surface area contributed by atoms with Gasteiger partial charge in [-0.25, -0.2) is 0 Å². The highest BCUT2D eigenvalue weighted by Crippen LogP contribution is 2.32.